The fraction of sp³-hybridized carbons (Fsp3) is 0.100. The molecule has 0 aliphatic rings. The van der Waals surface area contributed by atoms with E-state index in [2.05, 4.69) is 15.9 Å². The van der Waals surface area contributed by atoms with E-state index < -0.39 is 5.24 Å². The van der Waals surface area contributed by atoms with Crippen LogP contribution in [0.5, 0.6) is 0 Å². The Morgan fingerprint density at radius 1 is 1.54 bits per heavy atom. The quantitative estimate of drug-likeness (QED) is 0.601. The number of carbonyl (C=O) groups excluding carboxylic acids is 1. The minimum Gasteiger partial charge on any atom is -0.276 e. The van der Waals surface area contributed by atoms with Crippen LogP contribution in [0.15, 0.2) is 40.9 Å². The molecule has 68 valence electrons. The summed E-state index contributed by atoms with van der Waals surface area (Å²) in [7, 11) is 0. The van der Waals surface area contributed by atoms with Crippen molar-refractivity contribution in [2.45, 2.75) is 6.42 Å². The normalized spacial score (nSPS) is 10.6. The van der Waals surface area contributed by atoms with Crippen LogP contribution >= 0.6 is 27.5 Å². The van der Waals surface area contributed by atoms with Gasteiger partial charge in [-0.15, -0.1) is 0 Å². The first kappa shape index (κ1) is 10.5. The van der Waals surface area contributed by atoms with E-state index >= 15 is 0 Å². The molecule has 0 spiro atoms. The molecule has 0 radical (unpaired) electrons. The van der Waals surface area contributed by atoms with Crippen LogP contribution in [0.2, 0.25) is 0 Å². The minimum atomic E-state index is -0.435. The molecule has 1 aromatic carbocycles. The summed E-state index contributed by atoms with van der Waals surface area (Å²) in [4.78, 5) is 10.4. The fourth-order valence-electron chi connectivity index (χ4n) is 0.952. The number of hydrogen-bond acceptors (Lipinski definition) is 1. The Balaban J connectivity index is 2.59. The van der Waals surface area contributed by atoms with E-state index in [-0.39, 0.29) is 0 Å². The average Bonchev–Trinajstić information content (AvgIpc) is 2.03. The van der Waals surface area contributed by atoms with Crippen molar-refractivity contribution in [2.75, 3.05) is 0 Å². The van der Waals surface area contributed by atoms with Crippen molar-refractivity contribution in [1.82, 2.24) is 0 Å². The minimum absolute atomic E-state index is 0.435. The Hall–Kier alpha value is -0.600. The summed E-state index contributed by atoms with van der Waals surface area (Å²) in [5.74, 6) is 0. The van der Waals surface area contributed by atoms with Gasteiger partial charge in [0.2, 0.25) is 5.24 Å². The molecular formula is C10H8BrClO. The largest absolute Gasteiger partial charge is 0.276 e. The van der Waals surface area contributed by atoms with Crippen LogP contribution < -0.4 is 0 Å². The van der Waals surface area contributed by atoms with Crippen molar-refractivity contribution >= 4 is 32.8 Å². The van der Waals surface area contributed by atoms with Gasteiger partial charge in [-0.2, -0.15) is 0 Å². The van der Waals surface area contributed by atoms with Gasteiger partial charge in [-0.3, -0.25) is 4.79 Å². The lowest BCUT2D eigenvalue weighted by atomic mass is 10.1. The van der Waals surface area contributed by atoms with Crippen LogP contribution in [-0.2, 0) is 11.2 Å². The van der Waals surface area contributed by atoms with E-state index in [1.807, 2.05) is 24.3 Å². The predicted molar refractivity (Wildman–Crippen MR) is 57.8 cm³/mol. The molecule has 0 aliphatic heterocycles. The maximum absolute atomic E-state index is 10.4. The molecule has 0 aliphatic carbocycles. The monoisotopic (exact) mass is 258 g/mol. The third-order valence-corrected chi connectivity index (χ3v) is 2.11. The van der Waals surface area contributed by atoms with Crippen LogP contribution in [0.3, 0.4) is 0 Å². The molecule has 0 atom stereocenters. The summed E-state index contributed by atoms with van der Waals surface area (Å²) >= 11 is 8.51. The molecule has 0 saturated heterocycles. The van der Waals surface area contributed by atoms with Crippen molar-refractivity contribution in [3.63, 3.8) is 0 Å². The third-order valence-electron chi connectivity index (χ3n) is 1.49. The molecule has 0 saturated carbocycles. The highest BCUT2D eigenvalue weighted by molar-refractivity contribution is 9.10. The zero-order chi connectivity index (χ0) is 9.68. The van der Waals surface area contributed by atoms with Crippen molar-refractivity contribution in [3.8, 4) is 0 Å². The second-order valence-corrected chi connectivity index (χ2v) is 3.83. The SMILES string of the molecule is O=C(Cl)C=CCc1cccc(Br)c1. The molecule has 0 unspecified atom stereocenters. The summed E-state index contributed by atoms with van der Waals surface area (Å²) in [5, 5.41) is -0.435. The topological polar surface area (TPSA) is 17.1 Å². The zero-order valence-electron chi connectivity index (χ0n) is 6.84. The lowest BCUT2D eigenvalue weighted by Crippen LogP contribution is -1.82. The van der Waals surface area contributed by atoms with Crippen LogP contribution in [-0.4, -0.2) is 5.24 Å². The molecule has 3 heteroatoms. The van der Waals surface area contributed by atoms with Crippen LogP contribution in [0.4, 0.5) is 0 Å². The lowest BCUT2D eigenvalue weighted by molar-refractivity contribution is -0.107. The van der Waals surface area contributed by atoms with Gasteiger partial charge in [0.25, 0.3) is 0 Å². The number of allylic oxidation sites excluding steroid dienone is 2. The van der Waals surface area contributed by atoms with Gasteiger partial charge in [0.05, 0.1) is 0 Å². The second kappa shape index (κ2) is 5.20. The molecule has 0 amide bonds. The lowest BCUT2D eigenvalue weighted by Gasteiger charge is -1.95. The molecule has 0 fully saturated rings. The molecule has 0 bridgehead atoms. The van der Waals surface area contributed by atoms with E-state index in [4.69, 9.17) is 11.6 Å². The predicted octanol–water partition coefficient (Wildman–Crippen LogP) is 3.31. The van der Waals surface area contributed by atoms with E-state index in [0.717, 1.165) is 16.5 Å². The highest BCUT2D eigenvalue weighted by atomic mass is 79.9. The van der Waals surface area contributed by atoms with Gasteiger partial charge in [0.15, 0.2) is 0 Å². The Morgan fingerprint density at radius 3 is 2.92 bits per heavy atom. The molecular weight excluding hydrogens is 251 g/mol. The number of halogens is 2. The maximum atomic E-state index is 10.4. The summed E-state index contributed by atoms with van der Waals surface area (Å²) in [6, 6.07) is 7.91. The van der Waals surface area contributed by atoms with Crippen LogP contribution in [0, 0.1) is 0 Å². The Kier molecular flexibility index (Phi) is 4.19. The molecule has 0 heterocycles. The number of hydrogen-bond donors (Lipinski definition) is 0. The van der Waals surface area contributed by atoms with Gasteiger partial charge in [0.1, 0.15) is 0 Å². The van der Waals surface area contributed by atoms with Gasteiger partial charge in [-0.25, -0.2) is 0 Å². The first-order chi connectivity index (χ1) is 6.18. The Morgan fingerprint density at radius 2 is 2.31 bits per heavy atom. The van der Waals surface area contributed by atoms with Crippen molar-refractivity contribution in [3.05, 3.63) is 46.5 Å². The summed E-state index contributed by atoms with van der Waals surface area (Å²) in [6.45, 7) is 0. The van der Waals surface area contributed by atoms with E-state index in [9.17, 15) is 4.79 Å². The molecule has 1 nitrogen and oxygen atoms in total. The highest BCUT2D eigenvalue weighted by Gasteiger charge is 1.91. The van der Waals surface area contributed by atoms with Crippen LogP contribution in [0.1, 0.15) is 5.56 Å². The number of carbonyl (C=O) groups is 1. The Labute approximate surface area is 90.5 Å². The fourth-order valence-corrected chi connectivity index (χ4v) is 1.49. The first-order valence-corrected chi connectivity index (χ1v) is 4.96. The number of benzene rings is 1. The average molecular weight is 260 g/mol. The molecule has 0 N–H and O–H groups in total. The molecule has 1 aromatic rings. The van der Waals surface area contributed by atoms with Gasteiger partial charge < -0.3 is 0 Å². The second-order valence-electron chi connectivity index (χ2n) is 2.54. The first-order valence-electron chi connectivity index (χ1n) is 3.79. The summed E-state index contributed by atoms with van der Waals surface area (Å²) in [6.07, 6.45) is 3.83. The van der Waals surface area contributed by atoms with Gasteiger partial charge in [0, 0.05) is 4.47 Å². The molecule has 0 aromatic heterocycles. The van der Waals surface area contributed by atoms with E-state index in [1.54, 1.807) is 6.08 Å². The smallest absolute Gasteiger partial charge is 0.244 e. The van der Waals surface area contributed by atoms with E-state index in [1.165, 1.54) is 6.08 Å². The zero-order valence-corrected chi connectivity index (χ0v) is 9.18. The van der Waals surface area contributed by atoms with Crippen molar-refractivity contribution in [2.24, 2.45) is 0 Å². The maximum Gasteiger partial charge on any atom is 0.244 e. The summed E-state index contributed by atoms with van der Waals surface area (Å²) in [5.41, 5.74) is 1.14. The van der Waals surface area contributed by atoms with Crippen molar-refractivity contribution < 1.29 is 4.79 Å². The highest BCUT2D eigenvalue weighted by Crippen LogP contribution is 2.12. The summed E-state index contributed by atoms with van der Waals surface area (Å²) < 4.78 is 1.04. The molecule has 1 rings (SSSR count). The van der Waals surface area contributed by atoms with Gasteiger partial charge in [-0.1, -0.05) is 34.1 Å². The third kappa shape index (κ3) is 4.25. The van der Waals surface area contributed by atoms with Crippen molar-refractivity contribution in [1.29, 1.82) is 0 Å². The van der Waals surface area contributed by atoms with Gasteiger partial charge >= 0.3 is 0 Å². The van der Waals surface area contributed by atoms with Crippen LogP contribution in [0.25, 0.3) is 0 Å². The van der Waals surface area contributed by atoms with E-state index in [0.29, 0.717) is 0 Å². The Bertz CT molecular complexity index is 333. The standard InChI is InChI=1S/C10H8BrClO/c11-9-5-1-3-8(7-9)4-2-6-10(12)13/h1-3,5-7H,4H2. The number of rotatable bonds is 3. The van der Waals surface area contributed by atoms with Gasteiger partial charge in [-0.05, 0) is 41.8 Å². The molecule has 13 heavy (non-hydrogen) atoms.